The summed E-state index contributed by atoms with van der Waals surface area (Å²) in [5.74, 6) is -1.23. The lowest BCUT2D eigenvalue weighted by Crippen LogP contribution is -2.06. The molecule has 2 rings (SSSR count). The van der Waals surface area contributed by atoms with E-state index >= 15 is 0 Å². The molecule has 0 fully saturated rings. The fourth-order valence-electron chi connectivity index (χ4n) is 1.78. The van der Waals surface area contributed by atoms with Gasteiger partial charge in [-0.1, -0.05) is 12.1 Å². The summed E-state index contributed by atoms with van der Waals surface area (Å²) in [6.45, 7) is -0.0192. The molecule has 0 spiro atoms. The molecule has 0 aliphatic heterocycles. The van der Waals surface area contributed by atoms with E-state index in [9.17, 15) is 19.3 Å². The van der Waals surface area contributed by atoms with Gasteiger partial charge < -0.3 is 9.47 Å². The maximum absolute atomic E-state index is 13.5. The number of hydrogen-bond acceptors (Lipinski definition) is 5. The van der Waals surface area contributed by atoms with Crippen LogP contribution in [-0.2, 0) is 11.3 Å². The van der Waals surface area contributed by atoms with Crippen LogP contribution in [0.4, 0.5) is 10.1 Å². The number of halogens is 1. The highest BCUT2D eigenvalue weighted by atomic mass is 19.1. The Balaban J connectivity index is 2.06. The highest BCUT2D eigenvalue weighted by Gasteiger charge is 2.17. The van der Waals surface area contributed by atoms with Crippen molar-refractivity contribution < 1.29 is 23.6 Å². The van der Waals surface area contributed by atoms with E-state index in [1.165, 1.54) is 7.11 Å². The van der Waals surface area contributed by atoms with Gasteiger partial charge in [0.2, 0.25) is 5.82 Å². The fraction of sp³-hybridized carbons (Fsp3) is 0.133. The number of nitrogens with zero attached hydrogens (tertiary/aromatic N) is 1. The van der Waals surface area contributed by atoms with E-state index in [1.807, 2.05) is 0 Å². The number of hydrogen-bond donors (Lipinski definition) is 0. The Kier molecular flexibility index (Phi) is 4.67. The molecule has 2 aromatic rings. The third-order valence-corrected chi connectivity index (χ3v) is 2.88. The fourth-order valence-corrected chi connectivity index (χ4v) is 1.78. The molecule has 0 bridgehead atoms. The first-order valence-electron chi connectivity index (χ1n) is 6.25. The first kappa shape index (κ1) is 15.4. The number of ether oxygens (including phenoxy) is 2. The average molecular weight is 305 g/mol. The van der Waals surface area contributed by atoms with E-state index in [-0.39, 0.29) is 12.2 Å². The van der Waals surface area contributed by atoms with Crippen LogP contribution in [0.25, 0.3) is 0 Å². The molecule has 2 aromatic carbocycles. The van der Waals surface area contributed by atoms with Crippen LogP contribution in [-0.4, -0.2) is 18.0 Å². The number of carbonyl (C=O) groups is 1. The Bertz CT molecular complexity index is 717. The Labute approximate surface area is 125 Å². The van der Waals surface area contributed by atoms with Crippen LogP contribution in [0.5, 0.6) is 5.75 Å². The molecule has 0 unspecified atom stereocenters. The molecule has 7 heteroatoms. The molecule has 0 saturated heterocycles. The number of carbonyl (C=O) groups excluding carboxylic acids is 1. The van der Waals surface area contributed by atoms with Gasteiger partial charge in [0.25, 0.3) is 0 Å². The molecule has 22 heavy (non-hydrogen) atoms. The maximum atomic E-state index is 13.5. The van der Waals surface area contributed by atoms with Gasteiger partial charge in [0.15, 0.2) is 0 Å². The summed E-state index contributed by atoms with van der Waals surface area (Å²) in [5.41, 5.74) is -0.0783. The third kappa shape index (κ3) is 3.57. The molecule has 6 nitrogen and oxygen atoms in total. The summed E-state index contributed by atoms with van der Waals surface area (Å²) in [7, 11) is 1.52. The van der Waals surface area contributed by atoms with Crippen molar-refractivity contribution in [3.05, 3.63) is 69.5 Å². The Morgan fingerprint density at radius 1 is 1.27 bits per heavy atom. The number of rotatable bonds is 5. The van der Waals surface area contributed by atoms with Crippen molar-refractivity contribution in [2.24, 2.45) is 0 Å². The number of nitro benzene ring substituents is 1. The molecule has 0 N–H and O–H groups in total. The van der Waals surface area contributed by atoms with Crippen molar-refractivity contribution in [1.29, 1.82) is 0 Å². The largest absolute Gasteiger partial charge is 0.497 e. The number of esters is 1. The van der Waals surface area contributed by atoms with Crippen molar-refractivity contribution in [3.63, 3.8) is 0 Å². The molecule has 114 valence electrons. The molecule has 0 heterocycles. The lowest BCUT2D eigenvalue weighted by molar-refractivity contribution is -0.387. The molecule has 0 aliphatic rings. The summed E-state index contributed by atoms with van der Waals surface area (Å²) >= 11 is 0. The van der Waals surface area contributed by atoms with Crippen LogP contribution in [0, 0.1) is 15.9 Å². The molecule has 0 radical (unpaired) electrons. The topological polar surface area (TPSA) is 78.7 Å². The highest BCUT2D eigenvalue weighted by molar-refractivity contribution is 5.89. The van der Waals surface area contributed by atoms with Gasteiger partial charge in [-0.3, -0.25) is 10.1 Å². The normalized spacial score (nSPS) is 10.1. The summed E-state index contributed by atoms with van der Waals surface area (Å²) in [5, 5.41) is 10.5. The summed E-state index contributed by atoms with van der Waals surface area (Å²) in [4.78, 5) is 21.5. The van der Waals surface area contributed by atoms with E-state index < -0.39 is 22.4 Å². The lowest BCUT2D eigenvalue weighted by Gasteiger charge is -2.06. The standard InChI is InChI=1S/C15H12FNO5/c1-21-12-4-2-3-10(7-12)9-22-15(18)11-5-6-14(17(19)20)13(16)8-11/h2-8H,9H2,1H3. The first-order chi connectivity index (χ1) is 10.5. The zero-order valence-electron chi connectivity index (χ0n) is 11.6. The van der Waals surface area contributed by atoms with E-state index in [0.717, 1.165) is 18.2 Å². The average Bonchev–Trinajstić information content (AvgIpc) is 2.52. The van der Waals surface area contributed by atoms with Crippen molar-refractivity contribution >= 4 is 11.7 Å². The quantitative estimate of drug-likeness (QED) is 0.482. The van der Waals surface area contributed by atoms with Crippen LogP contribution < -0.4 is 4.74 Å². The summed E-state index contributed by atoms with van der Waals surface area (Å²) < 4.78 is 23.5. The van der Waals surface area contributed by atoms with Crippen molar-refractivity contribution in [2.75, 3.05) is 7.11 Å². The zero-order valence-corrected chi connectivity index (χ0v) is 11.6. The zero-order chi connectivity index (χ0) is 16.1. The predicted octanol–water partition coefficient (Wildman–Crippen LogP) is 3.10. The van der Waals surface area contributed by atoms with Crippen LogP contribution >= 0.6 is 0 Å². The first-order valence-corrected chi connectivity index (χ1v) is 6.25. The minimum Gasteiger partial charge on any atom is -0.497 e. The molecular weight excluding hydrogens is 293 g/mol. The number of benzene rings is 2. The van der Waals surface area contributed by atoms with E-state index in [2.05, 4.69) is 0 Å². The summed E-state index contributed by atoms with van der Waals surface area (Å²) in [6, 6.07) is 9.79. The SMILES string of the molecule is COc1cccc(COC(=O)c2ccc([N+](=O)[O-])c(F)c2)c1. The second-order valence-electron chi connectivity index (χ2n) is 4.35. The van der Waals surface area contributed by atoms with Gasteiger partial charge in [0.1, 0.15) is 12.4 Å². The number of nitro groups is 1. The van der Waals surface area contributed by atoms with Gasteiger partial charge >= 0.3 is 11.7 Å². The minimum absolute atomic E-state index is 0.0192. The predicted molar refractivity (Wildman–Crippen MR) is 75.2 cm³/mol. The highest BCUT2D eigenvalue weighted by Crippen LogP contribution is 2.19. The molecule has 0 atom stereocenters. The second-order valence-corrected chi connectivity index (χ2v) is 4.35. The van der Waals surface area contributed by atoms with Gasteiger partial charge in [-0.05, 0) is 29.8 Å². The van der Waals surface area contributed by atoms with Gasteiger partial charge in [0.05, 0.1) is 17.6 Å². The molecule has 0 amide bonds. The van der Waals surface area contributed by atoms with Crippen LogP contribution in [0.3, 0.4) is 0 Å². The van der Waals surface area contributed by atoms with Crippen molar-refractivity contribution in [1.82, 2.24) is 0 Å². The van der Waals surface area contributed by atoms with Gasteiger partial charge in [-0.2, -0.15) is 4.39 Å². The third-order valence-electron chi connectivity index (χ3n) is 2.88. The van der Waals surface area contributed by atoms with E-state index in [0.29, 0.717) is 11.3 Å². The Morgan fingerprint density at radius 2 is 2.05 bits per heavy atom. The van der Waals surface area contributed by atoms with Crippen LogP contribution in [0.15, 0.2) is 42.5 Å². The van der Waals surface area contributed by atoms with Gasteiger partial charge in [-0.25, -0.2) is 4.79 Å². The Hall–Kier alpha value is -2.96. The molecule has 0 saturated carbocycles. The van der Waals surface area contributed by atoms with Crippen molar-refractivity contribution in [2.45, 2.75) is 6.61 Å². The maximum Gasteiger partial charge on any atom is 0.338 e. The van der Waals surface area contributed by atoms with E-state index in [4.69, 9.17) is 9.47 Å². The lowest BCUT2D eigenvalue weighted by atomic mass is 10.2. The molecular formula is C15H12FNO5. The van der Waals surface area contributed by atoms with E-state index in [1.54, 1.807) is 24.3 Å². The summed E-state index contributed by atoms with van der Waals surface area (Å²) in [6.07, 6.45) is 0. The molecule has 0 aromatic heterocycles. The van der Waals surface area contributed by atoms with Crippen LogP contribution in [0.1, 0.15) is 15.9 Å². The molecule has 0 aliphatic carbocycles. The second kappa shape index (κ2) is 6.66. The smallest absolute Gasteiger partial charge is 0.338 e. The Morgan fingerprint density at radius 3 is 2.68 bits per heavy atom. The van der Waals surface area contributed by atoms with Crippen molar-refractivity contribution in [3.8, 4) is 5.75 Å². The van der Waals surface area contributed by atoms with Crippen LogP contribution in [0.2, 0.25) is 0 Å². The minimum atomic E-state index is -1.08. The monoisotopic (exact) mass is 305 g/mol. The number of methoxy groups -OCH3 is 1. The van der Waals surface area contributed by atoms with Gasteiger partial charge in [-0.15, -0.1) is 0 Å². The van der Waals surface area contributed by atoms with Gasteiger partial charge in [0, 0.05) is 6.07 Å².